The van der Waals surface area contributed by atoms with Crippen molar-refractivity contribution in [1.29, 1.82) is 0 Å². The predicted molar refractivity (Wildman–Crippen MR) is 117 cm³/mol. The van der Waals surface area contributed by atoms with E-state index in [1.807, 2.05) is 0 Å². The van der Waals surface area contributed by atoms with Crippen LogP contribution in [-0.2, 0) is 6.42 Å². The summed E-state index contributed by atoms with van der Waals surface area (Å²) in [4.78, 5) is 0. The van der Waals surface area contributed by atoms with Crippen LogP contribution < -0.4 is 4.74 Å². The van der Waals surface area contributed by atoms with Crippen molar-refractivity contribution < 1.29 is 13.5 Å². The molecule has 0 saturated carbocycles. The number of benzene rings is 1. The maximum absolute atomic E-state index is 14.5. The molecule has 29 heavy (non-hydrogen) atoms. The third-order valence-electron chi connectivity index (χ3n) is 4.99. The summed E-state index contributed by atoms with van der Waals surface area (Å²) in [5, 5.41) is 9.54. The maximum atomic E-state index is 14.5. The second-order valence-electron chi connectivity index (χ2n) is 7.52. The molecule has 0 atom stereocenters. The standard InChI is InChI=1S/C23H34F2N2OS/c1-3-5-7-9-10-11-12-14-20-26-27-23(29-20)18-15-16-19(22(25)21(18)24)28-17-13-8-6-4-2/h15-16H,3-14,17H2,1-2H3. The number of hydrogen-bond acceptors (Lipinski definition) is 4. The van der Waals surface area contributed by atoms with E-state index in [-0.39, 0.29) is 11.3 Å². The lowest BCUT2D eigenvalue weighted by molar-refractivity contribution is 0.285. The lowest BCUT2D eigenvalue weighted by atomic mass is 10.1. The first-order valence-corrected chi connectivity index (χ1v) is 11.9. The summed E-state index contributed by atoms with van der Waals surface area (Å²) in [7, 11) is 0. The molecule has 0 aliphatic heterocycles. The van der Waals surface area contributed by atoms with E-state index in [2.05, 4.69) is 24.0 Å². The highest BCUT2D eigenvalue weighted by Crippen LogP contribution is 2.32. The van der Waals surface area contributed by atoms with Crippen LogP contribution in [0.15, 0.2) is 12.1 Å². The molecule has 6 heteroatoms. The molecule has 3 nitrogen and oxygen atoms in total. The van der Waals surface area contributed by atoms with Crippen LogP contribution in [0, 0.1) is 11.6 Å². The second-order valence-corrected chi connectivity index (χ2v) is 8.58. The largest absolute Gasteiger partial charge is 0.490 e. The van der Waals surface area contributed by atoms with Crippen molar-refractivity contribution in [2.75, 3.05) is 6.61 Å². The van der Waals surface area contributed by atoms with E-state index in [9.17, 15) is 8.78 Å². The molecule has 2 aromatic rings. The molecule has 1 aromatic carbocycles. The average molecular weight is 425 g/mol. The minimum absolute atomic E-state index is 0.0319. The highest BCUT2D eigenvalue weighted by Gasteiger charge is 2.18. The average Bonchev–Trinajstić information content (AvgIpc) is 3.19. The quantitative estimate of drug-likeness (QED) is 0.274. The molecule has 0 amide bonds. The normalized spacial score (nSPS) is 11.2. The van der Waals surface area contributed by atoms with Crippen LogP contribution in [0.1, 0.15) is 89.5 Å². The van der Waals surface area contributed by atoms with Gasteiger partial charge in [0, 0.05) is 6.42 Å². The molecule has 162 valence electrons. The molecule has 0 fully saturated rings. The Hall–Kier alpha value is -1.56. The van der Waals surface area contributed by atoms with E-state index in [1.165, 1.54) is 62.0 Å². The molecule has 0 unspecified atom stereocenters. The van der Waals surface area contributed by atoms with E-state index in [1.54, 1.807) is 0 Å². The topological polar surface area (TPSA) is 35.0 Å². The fourth-order valence-corrected chi connectivity index (χ4v) is 4.12. The Morgan fingerprint density at radius 1 is 0.793 bits per heavy atom. The smallest absolute Gasteiger partial charge is 0.201 e. The van der Waals surface area contributed by atoms with Gasteiger partial charge in [-0.25, -0.2) is 4.39 Å². The van der Waals surface area contributed by atoms with E-state index >= 15 is 0 Å². The molecule has 0 N–H and O–H groups in total. The third-order valence-corrected chi connectivity index (χ3v) is 6.01. The summed E-state index contributed by atoms with van der Waals surface area (Å²) in [5.41, 5.74) is 0.157. The molecule has 1 heterocycles. The van der Waals surface area contributed by atoms with Gasteiger partial charge in [-0.3, -0.25) is 0 Å². The van der Waals surface area contributed by atoms with Crippen molar-refractivity contribution in [1.82, 2.24) is 10.2 Å². The van der Waals surface area contributed by atoms with Gasteiger partial charge in [0.25, 0.3) is 0 Å². The first kappa shape index (κ1) is 23.7. The van der Waals surface area contributed by atoms with Gasteiger partial charge in [-0.05, 0) is 25.0 Å². The third kappa shape index (κ3) is 8.00. The van der Waals surface area contributed by atoms with Crippen molar-refractivity contribution in [3.63, 3.8) is 0 Å². The van der Waals surface area contributed by atoms with Gasteiger partial charge < -0.3 is 4.74 Å². The lowest BCUT2D eigenvalue weighted by Gasteiger charge is -2.09. The minimum atomic E-state index is -0.943. The first-order valence-electron chi connectivity index (χ1n) is 11.1. The van der Waals surface area contributed by atoms with Crippen LogP contribution in [-0.4, -0.2) is 16.8 Å². The highest BCUT2D eigenvalue weighted by atomic mass is 32.1. The number of hydrogen-bond donors (Lipinski definition) is 0. The monoisotopic (exact) mass is 424 g/mol. The fraction of sp³-hybridized carbons (Fsp3) is 0.652. The van der Waals surface area contributed by atoms with Crippen LogP contribution in [0.5, 0.6) is 5.75 Å². The number of aromatic nitrogens is 2. The molecule has 2 rings (SSSR count). The number of halogens is 2. The van der Waals surface area contributed by atoms with E-state index in [0.29, 0.717) is 11.6 Å². The molecule has 0 radical (unpaired) electrons. The maximum Gasteiger partial charge on any atom is 0.201 e. The van der Waals surface area contributed by atoms with Gasteiger partial charge in [-0.15, -0.1) is 10.2 Å². The molecule has 0 aliphatic carbocycles. The van der Waals surface area contributed by atoms with Gasteiger partial charge in [-0.1, -0.05) is 83.0 Å². The zero-order chi connectivity index (χ0) is 20.9. The molecule has 1 aromatic heterocycles. The Labute approximate surface area is 177 Å². The van der Waals surface area contributed by atoms with Gasteiger partial charge in [-0.2, -0.15) is 4.39 Å². The van der Waals surface area contributed by atoms with Crippen LogP contribution in [0.4, 0.5) is 8.78 Å². The van der Waals surface area contributed by atoms with Crippen molar-refractivity contribution in [2.24, 2.45) is 0 Å². The number of rotatable bonds is 15. The summed E-state index contributed by atoms with van der Waals surface area (Å²) >= 11 is 1.34. The van der Waals surface area contributed by atoms with Crippen LogP contribution in [0.25, 0.3) is 10.6 Å². The first-order chi connectivity index (χ1) is 14.2. The summed E-state index contributed by atoms with van der Waals surface area (Å²) in [6, 6.07) is 3.03. The van der Waals surface area contributed by atoms with Crippen molar-refractivity contribution in [3.8, 4) is 16.3 Å². The Morgan fingerprint density at radius 3 is 2.17 bits per heavy atom. The zero-order valence-electron chi connectivity index (χ0n) is 17.8. The fourth-order valence-electron chi connectivity index (χ4n) is 3.22. The van der Waals surface area contributed by atoms with Crippen LogP contribution >= 0.6 is 11.3 Å². The Morgan fingerprint density at radius 2 is 1.45 bits per heavy atom. The molecular weight excluding hydrogens is 390 g/mol. The Bertz CT molecular complexity index is 721. The van der Waals surface area contributed by atoms with Gasteiger partial charge in [0.15, 0.2) is 16.6 Å². The van der Waals surface area contributed by atoms with E-state index in [4.69, 9.17) is 4.74 Å². The van der Waals surface area contributed by atoms with Crippen molar-refractivity contribution >= 4 is 11.3 Å². The van der Waals surface area contributed by atoms with Crippen LogP contribution in [0.3, 0.4) is 0 Å². The SMILES string of the molecule is CCCCCCCCCc1nnc(-c2ccc(OCCCCCC)c(F)c2F)s1. The number of unbranched alkanes of at least 4 members (excludes halogenated alkanes) is 9. The minimum Gasteiger partial charge on any atom is -0.490 e. The number of aryl methyl sites for hydroxylation is 1. The van der Waals surface area contributed by atoms with E-state index in [0.717, 1.165) is 43.5 Å². The molecular formula is C23H34F2N2OS. The van der Waals surface area contributed by atoms with E-state index < -0.39 is 11.6 Å². The van der Waals surface area contributed by atoms with Gasteiger partial charge in [0.2, 0.25) is 5.82 Å². The molecule has 0 aliphatic rings. The van der Waals surface area contributed by atoms with Gasteiger partial charge in [0.1, 0.15) is 5.01 Å². The molecule has 0 bridgehead atoms. The zero-order valence-corrected chi connectivity index (χ0v) is 18.6. The lowest BCUT2D eigenvalue weighted by Crippen LogP contribution is -2.01. The summed E-state index contributed by atoms with van der Waals surface area (Å²) in [5.74, 6) is -1.88. The Kier molecular flexibility index (Phi) is 11.1. The number of nitrogens with zero attached hydrogens (tertiary/aromatic N) is 2. The summed E-state index contributed by atoms with van der Waals surface area (Å²) in [6.07, 6.45) is 13.6. The highest BCUT2D eigenvalue weighted by molar-refractivity contribution is 7.14. The van der Waals surface area contributed by atoms with Crippen LogP contribution in [0.2, 0.25) is 0 Å². The van der Waals surface area contributed by atoms with Gasteiger partial charge in [0.05, 0.1) is 12.2 Å². The van der Waals surface area contributed by atoms with Crippen molar-refractivity contribution in [3.05, 3.63) is 28.8 Å². The van der Waals surface area contributed by atoms with Crippen molar-refractivity contribution in [2.45, 2.75) is 90.9 Å². The van der Waals surface area contributed by atoms with Gasteiger partial charge >= 0.3 is 0 Å². The molecule has 0 saturated heterocycles. The predicted octanol–water partition coefficient (Wildman–Crippen LogP) is 7.74. The second kappa shape index (κ2) is 13.6. The number of ether oxygens (including phenoxy) is 1. The Balaban J connectivity index is 1.85. The summed E-state index contributed by atoms with van der Waals surface area (Å²) < 4.78 is 34.3. The molecule has 0 spiro atoms. The summed E-state index contributed by atoms with van der Waals surface area (Å²) in [6.45, 7) is 4.75.